The van der Waals surface area contributed by atoms with Gasteiger partial charge in [-0.25, -0.2) is 9.78 Å². The average molecular weight is 423 g/mol. The van der Waals surface area contributed by atoms with Crippen molar-refractivity contribution in [1.82, 2.24) is 9.88 Å². The minimum Gasteiger partial charge on any atom is -0.487 e. The second-order valence-corrected chi connectivity index (χ2v) is 8.19. The monoisotopic (exact) mass is 422 g/mol. The van der Waals surface area contributed by atoms with Crippen molar-refractivity contribution >= 4 is 34.8 Å². The fourth-order valence-electron chi connectivity index (χ4n) is 3.25. The van der Waals surface area contributed by atoms with Crippen LogP contribution >= 0.6 is 22.9 Å². The highest BCUT2D eigenvalue weighted by Crippen LogP contribution is 2.36. The smallest absolute Gasteiger partial charge is 0.347 e. The number of aromatic nitrogens is 1. The van der Waals surface area contributed by atoms with Crippen LogP contribution in [-0.4, -0.2) is 33.4 Å². The lowest BCUT2D eigenvalue weighted by atomic mass is 10.2. The molecule has 28 heavy (non-hydrogen) atoms. The standard InChI is InChI=1S/C20H23ClN2O4S/c1-2-3-6-17(24)23-11-4-5-16(23)19-22-15(18(28-19)20(25)26)12-27-14-9-7-13(21)8-10-14/h7-10,16H,2-6,11-12H2,1H3,(H,25,26). The molecule has 1 aromatic heterocycles. The number of nitrogens with zero attached hydrogens (tertiary/aromatic N) is 2. The van der Waals surface area contributed by atoms with Gasteiger partial charge >= 0.3 is 5.97 Å². The van der Waals surface area contributed by atoms with Crippen LogP contribution in [0.2, 0.25) is 5.02 Å². The van der Waals surface area contributed by atoms with Crippen LogP contribution in [0.15, 0.2) is 24.3 Å². The predicted octanol–water partition coefficient (Wildman–Crippen LogP) is 4.93. The molecule has 8 heteroatoms. The third-order valence-electron chi connectivity index (χ3n) is 4.70. The van der Waals surface area contributed by atoms with Crippen LogP contribution in [0, 0.1) is 0 Å². The summed E-state index contributed by atoms with van der Waals surface area (Å²) in [5, 5.41) is 10.8. The van der Waals surface area contributed by atoms with Crippen LogP contribution in [0.3, 0.4) is 0 Å². The van der Waals surface area contributed by atoms with Gasteiger partial charge in [-0.3, -0.25) is 4.79 Å². The van der Waals surface area contributed by atoms with Gasteiger partial charge in [-0.05, 0) is 43.5 Å². The van der Waals surface area contributed by atoms with Crippen LogP contribution in [0.4, 0.5) is 0 Å². The first-order chi connectivity index (χ1) is 13.5. The molecule has 6 nitrogen and oxygen atoms in total. The number of hydrogen-bond acceptors (Lipinski definition) is 5. The van der Waals surface area contributed by atoms with E-state index in [9.17, 15) is 14.7 Å². The SMILES string of the molecule is CCCCC(=O)N1CCCC1c1nc(COc2ccc(Cl)cc2)c(C(=O)O)s1. The van der Waals surface area contributed by atoms with Crippen LogP contribution in [0.5, 0.6) is 5.75 Å². The number of benzene rings is 1. The van der Waals surface area contributed by atoms with E-state index >= 15 is 0 Å². The Kier molecular flexibility index (Phi) is 6.91. The Bertz CT molecular complexity index is 837. The van der Waals surface area contributed by atoms with Crippen molar-refractivity contribution in [3.8, 4) is 5.75 Å². The van der Waals surface area contributed by atoms with Crippen LogP contribution in [0.25, 0.3) is 0 Å². The molecule has 1 aliphatic rings. The van der Waals surface area contributed by atoms with Crippen molar-refractivity contribution in [2.75, 3.05) is 6.54 Å². The number of thiazole rings is 1. The van der Waals surface area contributed by atoms with E-state index in [1.807, 2.05) is 4.90 Å². The minimum atomic E-state index is -1.03. The minimum absolute atomic E-state index is 0.0519. The molecule has 0 radical (unpaired) electrons. The number of amides is 1. The van der Waals surface area contributed by atoms with Gasteiger partial charge in [0, 0.05) is 18.0 Å². The molecule has 0 bridgehead atoms. The first kappa shape index (κ1) is 20.6. The maximum absolute atomic E-state index is 12.5. The van der Waals surface area contributed by atoms with Crippen molar-refractivity contribution in [1.29, 1.82) is 0 Å². The van der Waals surface area contributed by atoms with Crippen molar-refractivity contribution in [3.05, 3.63) is 44.9 Å². The number of aromatic carboxylic acids is 1. The lowest BCUT2D eigenvalue weighted by Gasteiger charge is -2.23. The molecule has 1 aliphatic heterocycles. The van der Waals surface area contributed by atoms with E-state index in [0.29, 0.717) is 34.4 Å². The first-order valence-electron chi connectivity index (χ1n) is 9.40. The molecule has 1 unspecified atom stereocenters. The predicted molar refractivity (Wildman–Crippen MR) is 108 cm³/mol. The number of hydrogen-bond donors (Lipinski definition) is 1. The van der Waals surface area contributed by atoms with E-state index in [1.165, 1.54) is 0 Å². The molecule has 1 atom stereocenters. The number of ether oxygens (including phenoxy) is 1. The van der Waals surface area contributed by atoms with Gasteiger partial charge in [-0.2, -0.15) is 0 Å². The van der Waals surface area contributed by atoms with Gasteiger partial charge in [0.15, 0.2) is 0 Å². The second-order valence-electron chi connectivity index (χ2n) is 6.72. The summed E-state index contributed by atoms with van der Waals surface area (Å²) in [7, 11) is 0. The van der Waals surface area contributed by atoms with E-state index in [2.05, 4.69) is 11.9 Å². The summed E-state index contributed by atoms with van der Waals surface area (Å²) < 4.78 is 5.68. The molecule has 1 amide bonds. The summed E-state index contributed by atoms with van der Waals surface area (Å²) in [5.74, 6) is -0.316. The summed E-state index contributed by atoms with van der Waals surface area (Å²) in [5.41, 5.74) is 0.385. The fourth-order valence-corrected chi connectivity index (χ4v) is 4.44. The molecule has 150 valence electrons. The summed E-state index contributed by atoms with van der Waals surface area (Å²) in [6, 6.07) is 6.72. The highest BCUT2D eigenvalue weighted by molar-refractivity contribution is 7.13. The van der Waals surface area contributed by atoms with Crippen molar-refractivity contribution in [2.45, 2.75) is 51.7 Å². The fraction of sp³-hybridized carbons (Fsp3) is 0.450. The molecule has 0 spiro atoms. The normalized spacial score (nSPS) is 16.4. The van der Waals surface area contributed by atoms with Gasteiger partial charge in [0.1, 0.15) is 27.9 Å². The van der Waals surface area contributed by atoms with Gasteiger partial charge in [0.2, 0.25) is 5.91 Å². The highest BCUT2D eigenvalue weighted by atomic mass is 35.5. The van der Waals surface area contributed by atoms with Crippen molar-refractivity contribution < 1.29 is 19.4 Å². The molecule has 1 saturated heterocycles. The van der Waals surface area contributed by atoms with E-state index in [-0.39, 0.29) is 23.4 Å². The molecule has 0 saturated carbocycles. The van der Waals surface area contributed by atoms with Gasteiger partial charge < -0.3 is 14.7 Å². The molecular formula is C20H23ClN2O4S. The van der Waals surface area contributed by atoms with Crippen LogP contribution < -0.4 is 4.74 Å². The van der Waals surface area contributed by atoms with E-state index in [1.54, 1.807) is 24.3 Å². The molecule has 3 rings (SSSR count). The third-order valence-corrected chi connectivity index (χ3v) is 6.14. The summed E-state index contributed by atoms with van der Waals surface area (Å²) >= 11 is 7.01. The van der Waals surface area contributed by atoms with Gasteiger partial charge in [-0.15, -0.1) is 11.3 Å². The van der Waals surface area contributed by atoms with E-state index in [0.717, 1.165) is 37.0 Å². The van der Waals surface area contributed by atoms with Crippen molar-refractivity contribution in [2.24, 2.45) is 0 Å². The Hall–Kier alpha value is -2.12. The zero-order valence-electron chi connectivity index (χ0n) is 15.7. The van der Waals surface area contributed by atoms with E-state index < -0.39 is 5.97 Å². The number of carboxylic acids is 1. The number of unbranched alkanes of at least 4 members (excludes halogenated alkanes) is 1. The number of likely N-dealkylation sites (tertiary alicyclic amines) is 1. The number of halogens is 1. The van der Waals surface area contributed by atoms with E-state index in [4.69, 9.17) is 16.3 Å². The highest BCUT2D eigenvalue weighted by Gasteiger charge is 2.33. The molecular weight excluding hydrogens is 400 g/mol. The number of carboxylic acid groups (broad SMARTS) is 1. The molecule has 1 aromatic carbocycles. The Morgan fingerprint density at radius 2 is 2.11 bits per heavy atom. The Morgan fingerprint density at radius 1 is 1.36 bits per heavy atom. The maximum atomic E-state index is 12.5. The van der Waals surface area contributed by atoms with Crippen LogP contribution in [-0.2, 0) is 11.4 Å². The molecule has 2 aromatic rings. The summed E-state index contributed by atoms with van der Waals surface area (Å²) in [6.45, 7) is 2.81. The second kappa shape index (κ2) is 9.39. The number of carbonyl (C=O) groups excluding carboxylic acids is 1. The molecule has 1 N–H and O–H groups in total. The number of carbonyl (C=O) groups is 2. The lowest BCUT2D eigenvalue weighted by Crippen LogP contribution is -2.30. The summed E-state index contributed by atoms with van der Waals surface area (Å²) in [6.07, 6.45) is 4.07. The van der Waals surface area contributed by atoms with Crippen molar-refractivity contribution in [3.63, 3.8) is 0 Å². The van der Waals surface area contributed by atoms with Gasteiger partial charge in [-0.1, -0.05) is 24.9 Å². The van der Waals surface area contributed by atoms with Gasteiger partial charge in [0.25, 0.3) is 0 Å². The Balaban J connectivity index is 1.76. The first-order valence-corrected chi connectivity index (χ1v) is 10.6. The lowest BCUT2D eigenvalue weighted by molar-refractivity contribution is -0.132. The average Bonchev–Trinajstić information content (AvgIpc) is 3.32. The van der Waals surface area contributed by atoms with Gasteiger partial charge in [0.05, 0.1) is 6.04 Å². The Morgan fingerprint density at radius 3 is 2.79 bits per heavy atom. The largest absolute Gasteiger partial charge is 0.487 e. The third kappa shape index (κ3) is 4.83. The summed E-state index contributed by atoms with van der Waals surface area (Å²) in [4.78, 5) is 30.7. The molecule has 1 fully saturated rings. The maximum Gasteiger partial charge on any atom is 0.347 e. The number of rotatable bonds is 8. The topological polar surface area (TPSA) is 79.7 Å². The molecule has 0 aliphatic carbocycles. The Labute approximate surface area is 173 Å². The quantitative estimate of drug-likeness (QED) is 0.652. The van der Waals surface area contributed by atoms with Crippen LogP contribution in [0.1, 0.15) is 65.4 Å². The zero-order chi connectivity index (χ0) is 20.1. The molecule has 2 heterocycles. The zero-order valence-corrected chi connectivity index (χ0v) is 17.3.